The van der Waals surface area contributed by atoms with Crippen LogP contribution in [-0.2, 0) is 6.54 Å². The molecule has 26 heavy (non-hydrogen) atoms. The molecule has 4 aromatic rings. The molecule has 0 atom stereocenters. The normalized spacial score (nSPS) is 11.0. The average Bonchev–Trinajstić information content (AvgIpc) is 3.09. The number of aromatic nitrogens is 5. The van der Waals surface area contributed by atoms with Gasteiger partial charge >= 0.3 is 0 Å². The Morgan fingerprint density at radius 3 is 2.77 bits per heavy atom. The van der Waals surface area contributed by atoms with Gasteiger partial charge in [0, 0.05) is 11.8 Å². The van der Waals surface area contributed by atoms with Crippen molar-refractivity contribution in [1.29, 1.82) is 0 Å². The molecule has 0 fully saturated rings. The van der Waals surface area contributed by atoms with Gasteiger partial charge in [-0.25, -0.2) is 14.6 Å². The van der Waals surface area contributed by atoms with Crippen molar-refractivity contribution < 1.29 is 4.74 Å². The summed E-state index contributed by atoms with van der Waals surface area (Å²) in [5.74, 6) is 0.495. The first-order valence-electron chi connectivity index (χ1n) is 8.16. The molecule has 0 radical (unpaired) electrons. The minimum Gasteiger partial charge on any atom is -0.481 e. The first-order chi connectivity index (χ1) is 12.7. The van der Waals surface area contributed by atoms with Crippen molar-refractivity contribution in [2.45, 2.75) is 13.5 Å². The number of hydrogen-bond acceptors (Lipinski definition) is 5. The summed E-state index contributed by atoms with van der Waals surface area (Å²) in [6.07, 6.45) is 4.75. The number of hydrogen-bond donors (Lipinski definition) is 0. The molecule has 0 unspecified atom stereocenters. The highest BCUT2D eigenvalue weighted by atomic mass is 16.5. The van der Waals surface area contributed by atoms with E-state index >= 15 is 0 Å². The molecule has 3 heterocycles. The van der Waals surface area contributed by atoms with E-state index in [1.807, 2.05) is 43.3 Å². The highest BCUT2D eigenvalue weighted by Gasteiger charge is 2.14. The van der Waals surface area contributed by atoms with E-state index in [0.717, 1.165) is 16.8 Å². The van der Waals surface area contributed by atoms with Gasteiger partial charge in [0.25, 0.3) is 5.56 Å². The lowest BCUT2D eigenvalue weighted by molar-refractivity contribution is 0.391. The summed E-state index contributed by atoms with van der Waals surface area (Å²) in [4.78, 5) is 21.5. The monoisotopic (exact) mass is 347 g/mol. The molecular weight excluding hydrogens is 330 g/mol. The fraction of sp³-hybridized carbons (Fsp3) is 0.158. The Morgan fingerprint density at radius 1 is 1.12 bits per heavy atom. The highest BCUT2D eigenvalue weighted by molar-refractivity contribution is 5.75. The first-order valence-corrected chi connectivity index (χ1v) is 8.16. The number of para-hydroxylation sites is 1. The maximum absolute atomic E-state index is 12.9. The lowest BCUT2D eigenvalue weighted by Gasteiger charge is -2.09. The summed E-state index contributed by atoms with van der Waals surface area (Å²) in [6.45, 7) is 2.33. The van der Waals surface area contributed by atoms with E-state index in [1.165, 1.54) is 10.9 Å². The molecule has 4 rings (SSSR count). The minimum absolute atomic E-state index is 0.152. The Balaban J connectivity index is 1.80. The summed E-state index contributed by atoms with van der Waals surface area (Å²) in [7, 11) is 1.56. The van der Waals surface area contributed by atoms with Crippen molar-refractivity contribution in [2.75, 3.05) is 7.11 Å². The van der Waals surface area contributed by atoms with Gasteiger partial charge in [-0.1, -0.05) is 24.3 Å². The van der Waals surface area contributed by atoms with Crippen LogP contribution in [0.3, 0.4) is 0 Å². The lowest BCUT2D eigenvalue weighted by atomic mass is 10.2. The van der Waals surface area contributed by atoms with Crippen molar-refractivity contribution in [3.63, 3.8) is 0 Å². The molecule has 0 aliphatic carbocycles. The van der Waals surface area contributed by atoms with Gasteiger partial charge in [0.15, 0.2) is 5.65 Å². The zero-order chi connectivity index (χ0) is 18.1. The number of rotatable bonds is 4. The third kappa shape index (κ3) is 2.63. The third-order valence-corrected chi connectivity index (χ3v) is 4.28. The van der Waals surface area contributed by atoms with E-state index in [4.69, 9.17) is 4.74 Å². The van der Waals surface area contributed by atoms with Crippen molar-refractivity contribution in [1.82, 2.24) is 24.3 Å². The highest BCUT2D eigenvalue weighted by Crippen LogP contribution is 2.18. The van der Waals surface area contributed by atoms with Gasteiger partial charge in [0.2, 0.25) is 5.88 Å². The lowest BCUT2D eigenvalue weighted by Crippen LogP contribution is -2.21. The Labute approximate surface area is 149 Å². The van der Waals surface area contributed by atoms with Gasteiger partial charge < -0.3 is 4.74 Å². The van der Waals surface area contributed by atoms with E-state index in [0.29, 0.717) is 23.5 Å². The summed E-state index contributed by atoms with van der Waals surface area (Å²) < 4.78 is 8.49. The van der Waals surface area contributed by atoms with E-state index in [1.54, 1.807) is 24.2 Å². The largest absolute Gasteiger partial charge is 0.481 e. The van der Waals surface area contributed by atoms with Crippen LogP contribution in [0.2, 0.25) is 0 Å². The van der Waals surface area contributed by atoms with Crippen molar-refractivity contribution in [3.05, 3.63) is 76.6 Å². The van der Waals surface area contributed by atoms with Gasteiger partial charge in [0.1, 0.15) is 11.7 Å². The van der Waals surface area contributed by atoms with Crippen LogP contribution in [0, 0.1) is 6.92 Å². The number of benzene rings is 1. The predicted molar refractivity (Wildman–Crippen MR) is 97.8 cm³/mol. The number of fused-ring (bicyclic) bond motifs is 1. The molecule has 1 aromatic carbocycles. The Bertz CT molecular complexity index is 1150. The Hall–Kier alpha value is -3.48. The quantitative estimate of drug-likeness (QED) is 0.566. The fourth-order valence-electron chi connectivity index (χ4n) is 2.95. The average molecular weight is 347 g/mol. The topological polar surface area (TPSA) is 74.8 Å². The van der Waals surface area contributed by atoms with Crippen LogP contribution in [-0.4, -0.2) is 31.4 Å². The zero-order valence-electron chi connectivity index (χ0n) is 14.5. The maximum atomic E-state index is 12.9. The number of pyridine rings is 1. The molecule has 0 amide bonds. The van der Waals surface area contributed by atoms with Crippen LogP contribution in [0.1, 0.15) is 11.1 Å². The Morgan fingerprint density at radius 2 is 1.96 bits per heavy atom. The Kier molecular flexibility index (Phi) is 3.96. The standard InChI is InChI=1S/C19H17N5O2/c1-13-6-3-4-8-16(13)24-17-15(10-22-24)19(25)23(12-21-17)11-14-7-5-9-20-18(14)26-2/h3-10,12H,11H2,1-2H3. The van der Waals surface area contributed by atoms with Gasteiger partial charge in [0.05, 0.1) is 25.5 Å². The smallest absolute Gasteiger partial charge is 0.264 e. The van der Waals surface area contributed by atoms with Crippen LogP contribution in [0.25, 0.3) is 16.7 Å². The van der Waals surface area contributed by atoms with Crippen LogP contribution in [0.4, 0.5) is 0 Å². The number of methoxy groups -OCH3 is 1. The van der Waals surface area contributed by atoms with Gasteiger partial charge in [-0.05, 0) is 24.6 Å². The molecule has 0 saturated heterocycles. The number of ether oxygens (including phenoxy) is 1. The summed E-state index contributed by atoms with van der Waals surface area (Å²) in [5.41, 5.74) is 3.16. The molecule has 0 aliphatic rings. The second-order valence-electron chi connectivity index (χ2n) is 5.93. The first kappa shape index (κ1) is 16.0. The molecular formula is C19H17N5O2. The fourth-order valence-corrected chi connectivity index (χ4v) is 2.95. The molecule has 0 aliphatic heterocycles. The summed E-state index contributed by atoms with van der Waals surface area (Å²) in [6, 6.07) is 11.5. The van der Waals surface area contributed by atoms with Crippen LogP contribution in [0.5, 0.6) is 5.88 Å². The second-order valence-corrected chi connectivity index (χ2v) is 5.93. The molecule has 0 spiro atoms. The molecule has 7 nitrogen and oxygen atoms in total. The molecule has 0 N–H and O–H groups in total. The van der Waals surface area contributed by atoms with Crippen LogP contribution in [0.15, 0.2) is 59.9 Å². The van der Waals surface area contributed by atoms with Gasteiger partial charge in [-0.2, -0.15) is 5.10 Å². The third-order valence-electron chi connectivity index (χ3n) is 4.28. The van der Waals surface area contributed by atoms with Crippen LogP contribution >= 0.6 is 0 Å². The van der Waals surface area contributed by atoms with Crippen molar-refractivity contribution in [2.24, 2.45) is 0 Å². The molecule has 3 aromatic heterocycles. The number of aryl methyl sites for hydroxylation is 1. The molecule has 130 valence electrons. The predicted octanol–water partition coefficient (Wildman–Crippen LogP) is 2.34. The molecule has 0 bridgehead atoms. The zero-order valence-corrected chi connectivity index (χ0v) is 14.5. The van der Waals surface area contributed by atoms with Crippen LogP contribution < -0.4 is 10.3 Å². The maximum Gasteiger partial charge on any atom is 0.264 e. The van der Waals surface area contributed by atoms with Crippen molar-refractivity contribution in [3.8, 4) is 11.6 Å². The van der Waals surface area contributed by atoms with E-state index in [2.05, 4.69) is 15.1 Å². The molecule has 7 heteroatoms. The summed E-state index contributed by atoms with van der Waals surface area (Å²) in [5, 5.41) is 4.84. The van der Waals surface area contributed by atoms with E-state index in [-0.39, 0.29) is 5.56 Å². The van der Waals surface area contributed by atoms with Gasteiger partial charge in [-0.3, -0.25) is 9.36 Å². The molecule has 0 saturated carbocycles. The number of nitrogens with zero attached hydrogens (tertiary/aromatic N) is 5. The minimum atomic E-state index is -0.152. The second kappa shape index (κ2) is 6.44. The van der Waals surface area contributed by atoms with Gasteiger partial charge in [-0.15, -0.1) is 0 Å². The van der Waals surface area contributed by atoms with E-state index < -0.39 is 0 Å². The SMILES string of the molecule is COc1ncccc1Cn1cnc2c(cnn2-c2ccccc2C)c1=O. The van der Waals surface area contributed by atoms with E-state index in [9.17, 15) is 4.79 Å². The summed E-state index contributed by atoms with van der Waals surface area (Å²) >= 11 is 0. The van der Waals surface area contributed by atoms with Crippen molar-refractivity contribution >= 4 is 11.0 Å².